The van der Waals surface area contributed by atoms with E-state index >= 15 is 0 Å². The predicted molar refractivity (Wildman–Crippen MR) is 209 cm³/mol. The lowest BCUT2D eigenvalue weighted by molar-refractivity contribution is 1.08. The maximum Gasteiger partial charge on any atom is 0.138 e. The van der Waals surface area contributed by atoms with Gasteiger partial charge in [0, 0.05) is 32.8 Å². The van der Waals surface area contributed by atoms with Crippen molar-refractivity contribution in [1.29, 1.82) is 0 Å². The summed E-state index contributed by atoms with van der Waals surface area (Å²) in [7, 11) is 0. The Hall–Kier alpha value is -6.71. The first-order chi connectivity index (χ1) is 24.8. The second-order valence-electron chi connectivity index (χ2n) is 12.8. The van der Waals surface area contributed by atoms with Crippen LogP contribution in [0.15, 0.2) is 188 Å². The van der Waals surface area contributed by atoms with E-state index in [9.17, 15) is 0 Å². The molecule has 3 heterocycles. The number of para-hydroxylation sites is 2. The Balaban J connectivity index is 1.10. The third-order valence-electron chi connectivity index (χ3n) is 9.94. The topological polar surface area (TPSA) is 22.8 Å². The van der Waals surface area contributed by atoms with Gasteiger partial charge in [0.1, 0.15) is 5.82 Å². The molecule has 0 bridgehead atoms. The van der Waals surface area contributed by atoms with Crippen LogP contribution in [0.3, 0.4) is 0 Å². The van der Waals surface area contributed by atoms with Crippen LogP contribution < -0.4 is 0 Å². The van der Waals surface area contributed by atoms with E-state index < -0.39 is 0 Å². The van der Waals surface area contributed by atoms with E-state index in [1.165, 1.54) is 54.8 Å². The normalized spacial score (nSPS) is 11.6. The van der Waals surface area contributed by atoms with Gasteiger partial charge in [0.05, 0.1) is 27.8 Å². The highest BCUT2D eigenvalue weighted by Gasteiger charge is 2.17. The van der Waals surface area contributed by atoms with Crippen molar-refractivity contribution in [2.75, 3.05) is 0 Å². The zero-order chi connectivity index (χ0) is 33.0. The number of hydrogen-bond acceptors (Lipinski definition) is 1. The second-order valence-corrected chi connectivity index (χ2v) is 12.8. The highest BCUT2D eigenvalue weighted by Crippen LogP contribution is 2.38. The molecule has 10 aromatic rings. The molecule has 50 heavy (non-hydrogen) atoms. The first kappa shape index (κ1) is 28.3. The highest BCUT2D eigenvalue weighted by atomic mass is 15.1. The quantitative estimate of drug-likeness (QED) is 0.184. The minimum absolute atomic E-state index is 0.913. The van der Waals surface area contributed by atoms with Gasteiger partial charge in [-0.25, -0.2) is 4.98 Å². The van der Waals surface area contributed by atoms with Crippen LogP contribution in [0, 0.1) is 0 Å². The van der Waals surface area contributed by atoms with Crippen molar-refractivity contribution in [2.24, 2.45) is 0 Å². The highest BCUT2D eigenvalue weighted by molar-refractivity contribution is 6.12. The molecule has 0 atom stereocenters. The summed E-state index contributed by atoms with van der Waals surface area (Å²) in [6.07, 6.45) is 0. The first-order valence-corrected chi connectivity index (χ1v) is 17.1. The molecule has 234 valence electrons. The minimum Gasteiger partial charge on any atom is -0.309 e. The molecule has 0 aliphatic heterocycles. The van der Waals surface area contributed by atoms with Gasteiger partial charge in [-0.1, -0.05) is 127 Å². The van der Waals surface area contributed by atoms with Gasteiger partial charge in [-0.2, -0.15) is 0 Å². The SMILES string of the molecule is c1ccc(-c2ccc(-n3c4ccccc4c4cc(-c5ccc6c(c5)c5ccccc5n6-c5cccc(-c6ccccc6)n5)ccc43)cc2)cc1. The van der Waals surface area contributed by atoms with Crippen LogP contribution in [-0.2, 0) is 0 Å². The summed E-state index contributed by atoms with van der Waals surface area (Å²) in [5.41, 5.74) is 12.8. The summed E-state index contributed by atoms with van der Waals surface area (Å²) in [4.78, 5) is 5.14. The summed E-state index contributed by atoms with van der Waals surface area (Å²) < 4.78 is 4.68. The van der Waals surface area contributed by atoms with Crippen LogP contribution in [0.1, 0.15) is 0 Å². The summed E-state index contributed by atoms with van der Waals surface area (Å²) in [6, 6.07) is 67.3. The Kier molecular flexibility index (Phi) is 6.49. The molecule has 10 rings (SSSR count). The van der Waals surface area contributed by atoms with E-state index in [0.29, 0.717) is 0 Å². The lowest BCUT2D eigenvalue weighted by Gasteiger charge is -2.10. The number of hydrogen-bond donors (Lipinski definition) is 0. The van der Waals surface area contributed by atoms with Crippen LogP contribution in [0.5, 0.6) is 0 Å². The third-order valence-corrected chi connectivity index (χ3v) is 9.94. The van der Waals surface area contributed by atoms with Crippen LogP contribution >= 0.6 is 0 Å². The third kappa shape index (κ3) is 4.56. The largest absolute Gasteiger partial charge is 0.309 e. The Morgan fingerprint density at radius 1 is 0.300 bits per heavy atom. The van der Waals surface area contributed by atoms with Crippen LogP contribution in [0.4, 0.5) is 0 Å². The summed E-state index contributed by atoms with van der Waals surface area (Å²) >= 11 is 0. The fourth-order valence-electron chi connectivity index (χ4n) is 7.58. The van der Waals surface area contributed by atoms with E-state index in [2.05, 4.69) is 191 Å². The molecule has 3 nitrogen and oxygen atoms in total. The summed E-state index contributed by atoms with van der Waals surface area (Å²) in [6.45, 7) is 0. The zero-order valence-electron chi connectivity index (χ0n) is 27.2. The molecule has 0 saturated carbocycles. The van der Waals surface area contributed by atoms with Crippen LogP contribution in [-0.4, -0.2) is 14.1 Å². The van der Waals surface area contributed by atoms with Gasteiger partial charge < -0.3 is 4.57 Å². The van der Waals surface area contributed by atoms with Crippen molar-refractivity contribution in [2.45, 2.75) is 0 Å². The molecule has 3 heteroatoms. The van der Waals surface area contributed by atoms with Crippen molar-refractivity contribution in [3.05, 3.63) is 188 Å². The molecule has 0 amide bonds. The second kappa shape index (κ2) is 11.5. The fourth-order valence-corrected chi connectivity index (χ4v) is 7.58. The average Bonchev–Trinajstić information content (AvgIpc) is 3.71. The number of nitrogens with zero attached hydrogens (tertiary/aromatic N) is 3. The lowest BCUT2D eigenvalue weighted by Crippen LogP contribution is -1.98. The van der Waals surface area contributed by atoms with E-state index in [4.69, 9.17) is 4.98 Å². The van der Waals surface area contributed by atoms with Gasteiger partial charge in [0.2, 0.25) is 0 Å². The molecule has 0 saturated heterocycles. The van der Waals surface area contributed by atoms with E-state index in [0.717, 1.165) is 33.8 Å². The lowest BCUT2D eigenvalue weighted by atomic mass is 10.0. The van der Waals surface area contributed by atoms with Gasteiger partial charge in [-0.15, -0.1) is 0 Å². The summed E-state index contributed by atoms with van der Waals surface area (Å²) in [5, 5.41) is 4.92. The average molecular weight is 638 g/mol. The maximum atomic E-state index is 5.14. The van der Waals surface area contributed by atoms with Crippen LogP contribution in [0.2, 0.25) is 0 Å². The molecule has 0 N–H and O–H groups in total. The number of pyridine rings is 1. The molecule has 3 aromatic heterocycles. The van der Waals surface area contributed by atoms with Gasteiger partial charge in [0.25, 0.3) is 0 Å². The van der Waals surface area contributed by atoms with Crippen molar-refractivity contribution >= 4 is 43.6 Å². The molecular weight excluding hydrogens is 607 g/mol. The van der Waals surface area contributed by atoms with Crippen molar-refractivity contribution in [3.63, 3.8) is 0 Å². The predicted octanol–water partition coefficient (Wildman–Crippen LogP) is 12.3. The number of fused-ring (bicyclic) bond motifs is 6. The van der Waals surface area contributed by atoms with Crippen molar-refractivity contribution in [1.82, 2.24) is 14.1 Å². The molecule has 0 fully saturated rings. The summed E-state index contributed by atoms with van der Waals surface area (Å²) in [5.74, 6) is 0.913. The fraction of sp³-hybridized carbons (Fsp3) is 0. The minimum atomic E-state index is 0.913. The molecule has 0 radical (unpaired) electrons. The maximum absolute atomic E-state index is 5.14. The van der Waals surface area contributed by atoms with Gasteiger partial charge >= 0.3 is 0 Å². The molecule has 0 unspecified atom stereocenters. The standard InChI is InChI=1S/C47H31N3/c1-3-12-32(13-4-1)33-22-26-37(27-23-33)49-43-19-9-7-16-38(43)40-30-35(24-28-45(40)49)36-25-29-46-41(31-36)39-17-8-10-20-44(39)50(46)47-21-11-18-42(48-47)34-14-5-2-6-15-34/h1-31H. The van der Waals surface area contributed by atoms with E-state index in [1.54, 1.807) is 0 Å². The van der Waals surface area contributed by atoms with E-state index in [1.807, 2.05) is 6.07 Å². The van der Waals surface area contributed by atoms with E-state index in [-0.39, 0.29) is 0 Å². The van der Waals surface area contributed by atoms with Crippen molar-refractivity contribution in [3.8, 4) is 45.0 Å². The molecular formula is C47H31N3. The van der Waals surface area contributed by atoms with Gasteiger partial charge in [-0.3, -0.25) is 4.57 Å². The van der Waals surface area contributed by atoms with Crippen molar-refractivity contribution < 1.29 is 0 Å². The Labute approximate surface area is 290 Å². The number of benzene rings is 7. The van der Waals surface area contributed by atoms with Gasteiger partial charge in [0.15, 0.2) is 0 Å². The monoisotopic (exact) mass is 637 g/mol. The number of rotatable bonds is 5. The zero-order valence-corrected chi connectivity index (χ0v) is 27.2. The Morgan fingerprint density at radius 3 is 1.42 bits per heavy atom. The first-order valence-electron chi connectivity index (χ1n) is 17.1. The molecule has 7 aromatic carbocycles. The number of aromatic nitrogens is 3. The Morgan fingerprint density at radius 2 is 0.780 bits per heavy atom. The molecule has 0 aliphatic carbocycles. The molecule has 0 spiro atoms. The molecule has 0 aliphatic rings. The Bertz CT molecular complexity index is 2840. The van der Waals surface area contributed by atoms with Gasteiger partial charge in [-0.05, 0) is 82.9 Å². The van der Waals surface area contributed by atoms with Crippen LogP contribution in [0.25, 0.3) is 88.6 Å². The smallest absolute Gasteiger partial charge is 0.138 e.